The summed E-state index contributed by atoms with van der Waals surface area (Å²) < 4.78 is 7.20. The highest BCUT2D eigenvalue weighted by Crippen LogP contribution is 2.22. The molecular formula is C14H16N6O2. The van der Waals surface area contributed by atoms with Gasteiger partial charge < -0.3 is 14.6 Å². The molecule has 1 aliphatic rings. The monoisotopic (exact) mass is 300 g/mol. The molecule has 8 nitrogen and oxygen atoms in total. The lowest BCUT2D eigenvalue weighted by molar-refractivity contribution is 0.122. The molecule has 0 saturated carbocycles. The molecule has 114 valence electrons. The normalized spacial score (nSPS) is 15.8. The van der Waals surface area contributed by atoms with Gasteiger partial charge in [0, 0.05) is 19.5 Å². The summed E-state index contributed by atoms with van der Waals surface area (Å²) in [5.41, 5.74) is 1.66. The Kier molecular flexibility index (Phi) is 3.04. The van der Waals surface area contributed by atoms with Crippen LogP contribution in [0, 0.1) is 0 Å². The number of hydrogen-bond donors (Lipinski definition) is 1. The summed E-state index contributed by atoms with van der Waals surface area (Å²) in [5.74, 6) is 1.56. The second-order valence-corrected chi connectivity index (χ2v) is 5.20. The van der Waals surface area contributed by atoms with Gasteiger partial charge in [-0.25, -0.2) is 15.0 Å². The lowest BCUT2D eigenvalue weighted by Gasteiger charge is -2.28. The Bertz CT molecular complexity index is 893. The van der Waals surface area contributed by atoms with Gasteiger partial charge in [0.15, 0.2) is 11.5 Å². The van der Waals surface area contributed by atoms with Crippen molar-refractivity contribution in [3.8, 4) is 0 Å². The number of hydrogen-bond acceptors (Lipinski definition) is 6. The first-order valence-electron chi connectivity index (χ1n) is 7.35. The molecule has 4 heterocycles. The fourth-order valence-corrected chi connectivity index (χ4v) is 2.88. The smallest absolute Gasteiger partial charge is 0.274 e. The summed E-state index contributed by atoms with van der Waals surface area (Å²) >= 11 is 0. The van der Waals surface area contributed by atoms with Gasteiger partial charge in [-0.3, -0.25) is 9.20 Å². The van der Waals surface area contributed by atoms with Crippen LogP contribution in [0.2, 0.25) is 0 Å². The van der Waals surface area contributed by atoms with E-state index in [4.69, 9.17) is 4.74 Å². The third-order valence-electron chi connectivity index (χ3n) is 3.95. The summed E-state index contributed by atoms with van der Waals surface area (Å²) in [7, 11) is 0. The molecule has 22 heavy (non-hydrogen) atoms. The number of H-pyrrole nitrogens is 1. The van der Waals surface area contributed by atoms with E-state index in [0.717, 1.165) is 31.2 Å². The molecule has 3 aromatic heterocycles. The maximum Gasteiger partial charge on any atom is 0.274 e. The fraction of sp³-hybridized carbons (Fsp3) is 0.429. The van der Waals surface area contributed by atoms with Gasteiger partial charge in [0.05, 0.1) is 19.4 Å². The number of anilines is 1. The zero-order valence-electron chi connectivity index (χ0n) is 12.2. The Morgan fingerprint density at radius 2 is 2.09 bits per heavy atom. The van der Waals surface area contributed by atoms with Crippen molar-refractivity contribution < 1.29 is 4.74 Å². The Hall–Kier alpha value is -2.48. The maximum atomic E-state index is 12.3. The molecule has 0 amide bonds. The van der Waals surface area contributed by atoms with Crippen LogP contribution in [0.4, 0.5) is 5.82 Å². The number of nitrogens with zero attached hydrogens (tertiary/aromatic N) is 5. The first-order valence-corrected chi connectivity index (χ1v) is 7.35. The van der Waals surface area contributed by atoms with Crippen LogP contribution in [0.15, 0.2) is 17.3 Å². The molecule has 0 aromatic carbocycles. The van der Waals surface area contributed by atoms with Crippen molar-refractivity contribution in [3.63, 3.8) is 0 Å². The minimum absolute atomic E-state index is 0.177. The average molecular weight is 300 g/mol. The number of imidazole rings is 1. The summed E-state index contributed by atoms with van der Waals surface area (Å²) in [6.45, 7) is 4.81. The minimum atomic E-state index is -0.177. The highest BCUT2D eigenvalue weighted by Gasteiger charge is 2.19. The number of rotatable bonds is 2. The van der Waals surface area contributed by atoms with Crippen LogP contribution in [-0.4, -0.2) is 50.6 Å². The maximum absolute atomic E-state index is 12.3. The van der Waals surface area contributed by atoms with Crippen molar-refractivity contribution >= 4 is 22.5 Å². The molecule has 1 N–H and O–H groups in total. The SMILES string of the molecule is CCc1ncc2c(=O)[nH]c3c(N4CCOCC4)ncnc3n12. The topological polar surface area (TPSA) is 88.4 Å². The van der Waals surface area contributed by atoms with E-state index >= 15 is 0 Å². The van der Waals surface area contributed by atoms with Gasteiger partial charge >= 0.3 is 0 Å². The van der Waals surface area contributed by atoms with Crippen molar-refractivity contribution in [1.29, 1.82) is 0 Å². The van der Waals surface area contributed by atoms with Crippen LogP contribution in [0.25, 0.3) is 16.7 Å². The molecule has 3 aromatic rings. The molecular weight excluding hydrogens is 284 g/mol. The van der Waals surface area contributed by atoms with Crippen molar-refractivity contribution in [1.82, 2.24) is 24.3 Å². The van der Waals surface area contributed by atoms with Gasteiger partial charge in [0.25, 0.3) is 5.56 Å². The number of nitrogens with one attached hydrogen (secondary N) is 1. The zero-order valence-corrected chi connectivity index (χ0v) is 12.2. The lowest BCUT2D eigenvalue weighted by atomic mass is 10.3. The van der Waals surface area contributed by atoms with Crippen LogP contribution in [0.5, 0.6) is 0 Å². The Morgan fingerprint density at radius 3 is 2.86 bits per heavy atom. The Labute approximate surface area is 125 Å². The predicted molar refractivity (Wildman–Crippen MR) is 81.3 cm³/mol. The number of aryl methyl sites for hydroxylation is 1. The Morgan fingerprint density at radius 1 is 1.27 bits per heavy atom. The lowest BCUT2D eigenvalue weighted by Crippen LogP contribution is -2.37. The van der Waals surface area contributed by atoms with E-state index < -0.39 is 0 Å². The number of fused-ring (bicyclic) bond motifs is 3. The molecule has 8 heteroatoms. The summed E-state index contributed by atoms with van der Waals surface area (Å²) in [5, 5.41) is 0. The van der Waals surface area contributed by atoms with Gasteiger partial charge in [-0.2, -0.15) is 0 Å². The van der Waals surface area contributed by atoms with E-state index in [1.165, 1.54) is 6.33 Å². The molecule has 0 unspecified atom stereocenters. The first kappa shape index (κ1) is 13.2. The van der Waals surface area contributed by atoms with Crippen LogP contribution in [-0.2, 0) is 11.2 Å². The van der Waals surface area contributed by atoms with Crippen molar-refractivity contribution in [3.05, 3.63) is 28.7 Å². The second-order valence-electron chi connectivity index (χ2n) is 5.20. The number of aromatic nitrogens is 5. The minimum Gasteiger partial charge on any atom is -0.378 e. The van der Waals surface area contributed by atoms with Crippen molar-refractivity contribution in [2.24, 2.45) is 0 Å². The summed E-state index contributed by atoms with van der Waals surface area (Å²) in [6.07, 6.45) is 3.85. The standard InChI is InChI=1S/C14H16N6O2/c1-2-10-15-7-9-14(21)18-11-12(19-3-5-22-6-4-19)16-8-17-13(11)20(9)10/h7-8H,2-6H2,1H3,(H,18,21). The molecule has 0 spiro atoms. The molecule has 0 bridgehead atoms. The summed E-state index contributed by atoms with van der Waals surface area (Å²) in [6, 6.07) is 0. The second kappa shape index (κ2) is 5.06. The molecule has 1 saturated heterocycles. The van der Waals surface area contributed by atoms with Gasteiger partial charge in [-0.15, -0.1) is 0 Å². The largest absolute Gasteiger partial charge is 0.378 e. The van der Waals surface area contributed by atoms with E-state index in [2.05, 4.69) is 24.8 Å². The molecule has 0 radical (unpaired) electrons. The zero-order chi connectivity index (χ0) is 15.1. The van der Waals surface area contributed by atoms with E-state index in [-0.39, 0.29) is 5.56 Å². The molecule has 4 rings (SSSR count). The molecule has 1 fully saturated rings. The van der Waals surface area contributed by atoms with Gasteiger partial charge in [-0.05, 0) is 0 Å². The third kappa shape index (κ3) is 1.87. The van der Waals surface area contributed by atoms with Crippen LogP contribution >= 0.6 is 0 Å². The van der Waals surface area contributed by atoms with Gasteiger partial charge in [0.1, 0.15) is 23.2 Å². The predicted octanol–water partition coefficient (Wildman–Crippen LogP) is 0.365. The van der Waals surface area contributed by atoms with E-state index in [1.54, 1.807) is 6.20 Å². The fourth-order valence-electron chi connectivity index (χ4n) is 2.88. The highest BCUT2D eigenvalue weighted by atomic mass is 16.5. The number of aromatic amines is 1. The van der Waals surface area contributed by atoms with Gasteiger partial charge in [-0.1, -0.05) is 6.92 Å². The van der Waals surface area contributed by atoms with Crippen LogP contribution in [0.3, 0.4) is 0 Å². The van der Waals surface area contributed by atoms with Crippen molar-refractivity contribution in [2.75, 3.05) is 31.2 Å². The molecule has 0 aliphatic carbocycles. The quantitative estimate of drug-likeness (QED) is 0.735. The van der Waals surface area contributed by atoms with E-state index in [0.29, 0.717) is 29.9 Å². The highest BCUT2D eigenvalue weighted by molar-refractivity contribution is 5.85. The molecule has 0 atom stereocenters. The first-order chi connectivity index (χ1) is 10.8. The van der Waals surface area contributed by atoms with E-state index in [9.17, 15) is 4.79 Å². The number of morpholine rings is 1. The van der Waals surface area contributed by atoms with Crippen LogP contribution in [0.1, 0.15) is 12.7 Å². The van der Waals surface area contributed by atoms with Gasteiger partial charge in [0.2, 0.25) is 0 Å². The molecule has 1 aliphatic heterocycles. The van der Waals surface area contributed by atoms with Crippen LogP contribution < -0.4 is 10.5 Å². The third-order valence-corrected chi connectivity index (χ3v) is 3.95. The Balaban J connectivity index is 2.04. The number of ether oxygens (including phenoxy) is 1. The summed E-state index contributed by atoms with van der Waals surface area (Å²) in [4.78, 5) is 30.4. The van der Waals surface area contributed by atoms with E-state index in [1.807, 2.05) is 11.3 Å². The van der Waals surface area contributed by atoms with Crippen molar-refractivity contribution in [2.45, 2.75) is 13.3 Å². The average Bonchev–Trinajstić information content (AvgIpc) is 3.00.